The average Bonchev–Trinajstić information content (AvgIpc) is 3.25. The molecule has 0 atom stereocenters. The highest BCUT2D eigenvalue weighted by Crippen LogP contribution is 2.30. The molecule has 2 N–H and O–H groups in total. The summed E-state index contributed by atoms with van der Waals surface area (Å²) in [7, 11) is 3.04. The standard InChI is InChI=1S/C19H21N5O3/c1-26-15-7-5-6-14(18(15)27-2)19(25)21-9-8-20-16-12-17(23-13-22-16)24-10-3-4-11-24/h3-7,10-13H,8-9H2,1-2H3,(H,21,25)(H,20,22,23). The molecular weight excluding hydrogens is 346 g/mol. The first-order valence-corrected chi connectivity index (χ1v) is 8.41. The molecule has 8 nitrogen and oxygen atoms in total. The van der Waals surface area contributed by atoms with Crippen LogP contribution in [-0.4, -0.2) is 47.8 Å². The lowest BCUT2D eigenvalue weighted by Gasteiger charge is -2.13. The largest absolute Gasteiger partial charge is 0.493 e. The molecule has 0 aliphatic rings. The Morgan fingerprint density at radius 3 is 2.63 bits per heavy atom. The number of carbonyl (C=O) groups excluding carboxylic acids is 1. The van der Waals surface area contributed by atoms with Crippen LogP contribution < -0.4 is 20.1 Å². The number of hydrogen-bond donors (Lipinski definition) is 2. The zero-order valence-corrected chi connectivity index (χ0v) is 15.2. The smallest absolute Gasteiger partial charge is 0.255 e. The van der Waals surface area contributed by atoms with Crippen molar-refractivity contribution in [2.24, 2.45) is 0 Å². The van der Waals surface area contributed by atoms with Crippen molar-refractivity contribution < 1.29 is 14.3 Å². The number of nitrogens with zero attached hydrogens (tertiary/aromatic N) is 3. The number of anilines is 1. The monoisotopic (exact) mass is 367 g/mol. The molecule has 0 spiro atoms. The molecule has 1 amide bonds. The third kappa shape index (κ3) is 4.35. The number of nitrogens with one attached hydrogen (secondary N) is 2. The molecule has 0 aliphatic carbocycles. The zero-order chi connectivity index (χ0) is 19.1. The van der Waals surface area contributed by atoms with Gasteiger partial charge < -0.3 is 24.7 Å². The van der Waals surface area contributed by atoms with Crippen molar-refractivity contribution in [3.8, 4) is 17.3 Å². The molecule has 8 heteroatoms. The van der Waals surface area contributed by atoms with Crippen molar-refractivity contribution in [2.45, 2.75) is 0 Å². The highest BCUT2D eigenvalue weighted by Gasteiger charge is 2.15. The van der Waals surface area contributed by atoms with Crippen LogP contribution in [0.15, 0.2) is 55.1 Å². The molecule has 2 aromatic heterocycles. The Balaban J connectivity index is 1.55. The van der Waals surface area contributed by atoms with E-state index in [2.05, 4.69) is 20.6 Å². The van der Waals surface area contributed by atoms with Gasteiger partial charge in [0, 0.05) is 31.5 Å². The van der Waals surface area contributed by atoms with Crippen molar-refractivity contribution in [3.63, 3.8) is 0 Å². The molecule has 0 unspecified atom stereocenters. The average molecular weight is 367 g/mol. The molecule has 0 bridgehead atoms. The second-order valence-electron chi connectivity index (χ2n) is 5.58. The van der Waals surface area contributed by atoms with Crippen molar-refractivity contribution in [1.29, 1.82) is 0 Å². The van der Waals surface area contributed by atoms with E-state index in [-0.39, 0.29) is 5.91 Å². The summed E-state index contributed by atoms with van der Waals surface area (Å²) in [4.78, 5) is 20.8. The highest BCUT2D eigenvalue weighted by atomic mass is 16.5. The number of carbonyl (C=O) groups is 1. The van der Waals surface area contributed by atoms with E-state index in [0.717, 1.165) is 5.82 Å². The molecule has 0 aliphatic heterocycles. The fraction of sp³-hybridized carbons (Fsp3) is 0.211. The Morgan fingerprint density at radius 1 is 1.07 bits per heavy atom. The predicted molar refractivity (Wildman–Crippen MR) is 102 cm³/mol. The molecule has 2 heterocycles. The number of amides is 1. The van der Waals surface area contributed by atoms with Crippen LogP contribution in [0, 0.1) is 0 Å². The number of methoxy groups -OCH3 is 2. The first-order chi connectivity index (χ1) is 13.2. The van der Waals surface area contributed by atoms with E-state index >= 15 is 0 Å². The quantitative estimate of drug-likeness (QED) is 0.593. The fourth-order valence-electron chi connectivity index (χ4n) is 2.60. The maximum absolute atomic E-state index is 12.4. The van der Waals surface area contributed by atoms with Gasteiger partial charge in [0.05, 0.1) is 19.8 Å². The van der Waals surface area contributed by atoms with Gasteiger partial charge in [0.1, 0.15) is 18.0 Å². The number of para-hydroxylation sites is 1. The third-order valence-corrected chi connectivity index (χ3v) is 3.89. The summed E-state index contributed by atoms with van der Waals surface area (Å²) < 4.78 is 12.4. The van der Waals surface area contributed by atoms with E-state index < -0.39 is 0 Å². The second kappa shape index (κ2) is 8.70. The van der Waals surface area contributed by atoms with Crippen LogP contribution in [0.25, 0.3) is 5.82 Å². The number of ether oxygens (including phenoxy) is 2. The van der Waals surface area contributed by atoms with Crippen molar-refractivity contribution in [1.82, 2.24) is 19.9 Å². The van der Waals surface area contributed by atoms with E-state index in [1.165, 1.54) is 20.5 Å². The van der Waals surface area contributed by atoms with Crippen LogP contribution in [0.5, 0.6) is 11.5 Å². The SMILES string of the molecule is COc1cccc(C(=O)NCCNc2cc(-n3cccc3)ncn2)c1OC. The van der Waals surface area contributed by atoms with Crippen LogP contribution in [0.4, 0.5) is 5.82 Å². The van der Waals surface area contributed by atoms with Gasteiger partial charge in [-0.2, -0.15) is 0 Å². The van der Waals surface area contributed by atoms with E-state index in [1.54, 1.807) is 18.2 Å². The molecule has 3 aromatic rings. The normalized spacial score (nSPS) is 10.3. The lowest BCUT2D eigenvalue weighted by molar-refractivity contribution is 0.0951. The first-order valence-electron chi connectivity index (χ1n) is 8.41. The van der Waals surface area contributed by atoms with Gasteiger partial charge in [-0.05, 0) is 24.3 Å². The summed E-state index contributed by atoms with van der Waals surface area (Å²) in [6.07, 6.45) is 5.32. The summed E-state index contributed by atoms with van der Waals surface area (Å²) in [5.74, 6) is 2.15. The summed E-state index contributed by atoms with van der Waals surface area (Å²) in [5.41, 5.74) is 0.425. The Bertz CT molecular complexity index is 896. The van der Waals surface area contributed by atoms with Gasteiger partial charge in [-0.15, -0.1) is 0 Å². The molecule has 140 valence electrons. The van der Waals surface area contributed by atoms with Crippen molar-refractivity contribution >= 4 is 11.7 Å². The van der Waals surface area contributed by atoms with E-state index in [4.69, 9.17) is 9.47 Å². The van der Waals surface area contributed by atoms with Gasteiger partial charge in [-0.25, -0.2) is 9.97 Å². The van der Waals surface area contributed by atoms with Gasteiger partial charge in [0.2, 0.25) is 0 Å². The minimum absolute atomic E-state index is 0.233. The number of benzene rings is 1. The fourth-order valence-corrected chi connectivity index (χ4v) is 2.60. The maximum atomic E-state index is 12.4. The van der Waals surface area contributed by atoms with E-state index in [0.29, 0.717) is 36.0 Å². The topological polar surface area (TPSA) is 90.3 Å². The number of hydrogen-bond acceptors (Lipinski definition) is 6. The van der Waals surface area contributed by atoms with Crippen LogP contribution in [-0.2, 0) is 0 Å². The van der Waals surface area contributed by atoms with E-state index in [1.807, 2.05) is 35.2 Å². The van der Waals surface area contributed by atoms with Crippen LogP contribution in [0.3, 0.4) is 0 Å². The molecule has 0 radical (unpaired) electrons. The minimum Gasteiger partial charge on any atom is -0.493 e. The van der Waals surface area contributed by atoms with Crippen LogP contribution in [0.1, 0.15) is 10.4 Å². The summed E-state index contributed by atoms with van der Waals surface area (Å²) >= 11 is 0. The molecule has 0 saturated carbocycles. The third-order valence-electron chi connectivity index (χ3n) is 3.89. The first kappa shape index (κ1) is 18.2. The molecular formula is C19H21N5O3. The van der Waals surface area contributed by atoms with Crippen LogP contribution >= 0.6 is 0 Å². The molecule has 1 aromatic carbocycles. The summed E-state index contributed by atoms with van der Waals surface area (Å²) in [5, 5.41) is 6.02. The predicted octanol–water partition coefficient (Wildman–Crippen LogP) is 2.13. The van der Waals surface area contributed by atoms with Gasteiger partial charge in [0.25, 0.3) is 5.91 Å². The highest BCUT2D eigenvalue weighted by molar-refractivity contribution is 5.97. The van der Waals surface area contributed by atoms with Gasteiger partial charge in [0.15, 0.2) is 11.5 Å². The molecule has 0 saturated heterocycles. The lowest BCUT2D eigenvalue weighted by atomic mass is 10.1. The van der Waals surface area contributed by atoms with Gasteiger partial charge in [-0.1, -0.05) is 6.07 Å². The molecule has 0 fully saturated rings. The Labute approximate surface area is 157 Å². The minimum atomic E-state index is -0.233. The van der Waals surface area contributed by atoms with E-state index in [9.17, 15) is 4.79 Å². The van der Waals surface area contributed by atoms with Gasteiger partial charge >= 0.3 is 0 Å². The summed E-state index contributed by atoms with van der Waals surface area (Å²) in [6, 6.07) is 10.9. The summed E-state index contributed by atoms with van der Waals surface area (Å²) in [6.45, 7) is 0.933. The van der Waals surface area contributed by atoms with Gasteiger partial charge in [-0.3, -0.25) is 4.79 Å². The van der Waals surface area contributed by atoms with Crippen molar-refractivity contribution in [3.05, 3.63) is 60.7 Å². The second-order valence-corrected chi connectivity index (χ2v) is 5.58. The zero-order valence-electron chi connectivity index (χ0n) is 15.2. The molecule has 3 rings (SSSR count). The Morgan fingerprint density at radius 2 is 1.89 bits per heavy atom. The number of aromatic nitrogens is 3. The number of rotatable bonds is 8. The van der Waals surface area contributed by atoms with Crippen LogP contribution in [0.2, 0.25) is 0 Å². The molecule has 27 heavy (non-hydrogen) atoms. The Hall–Kier alpha value is -3.55. The van der Waals surface area contributed by atoms with Crippen molar-refractivity contribution in [2.75, 3.05) is 32.6 Å². The maximum Gasteiger partial charge on any atom is 0.255 e. The Kier molecular flexibility index (Phi) is 5.88. The lowest BCUT2D eigenvalue weighted by Crippen LogP contribution is -2.29.